The number of aromatic hydroxyl groups is 28. The molecule has 0 aliphatic heterocycles. The van der Waals surface area contributed by atoms with Crippen LogP contribution in [-0.4, -0.2) is 143 Å². The van der Waals surface area contributed by atoms with Gasteiger partial charge >= 0.3 is 0 Å². The Hall–Kier alpha value is -11.5. The number of phenols is 28. The van der Waals surface area contributed by atoms with E-state index in [1.807, 2.05) is 0 Å². The first-order chi connectivity index (χ1) is 34.0. The molecule has 1 heterocycles. The molecule has 28 N–H and O–H groups in total. The van der Waals surface area contributed by atoms with E-state index in [4.69, 9.17) is 4.42 Å². The van der Waals surface area contributed by atoms with Crippen LogP contribution in [0.4, 0.5) is 0 Å². The molecule has 0 aliphatic rings. The molecule has 0 aliphatic carbocycles. The second kappa shape index (κ2) is 14.5. The van der Waals surface area contributed by atoms with E-state index in [9.17, 15) is 143 Å². The van der Waals surface area contributed by atoms with Crippen molar-refractivity contribution in [2.24, 2.45) is 0 Å². The quantitative estimate of drug-likeness (QED) is 0.0663. The van der Waals surface area contributed by atoms with Crippen LogP contribution >= 0.6 is 0 Å². The van der Waals surface area contributed by atoms with Gasteiger partial charge in [0.05, 0.1) is 33.0 Å². The number of hydrogen-bond acceptors (Lipinski definition) is 29. The van der Waals surface area contributed by atoms with E-state index in [1.165, 1.54) is 0 Å². The Morgan fingerprint density at radius 2 is 0.301 bits per heavy atom. The number of furan rings is 1. The summed E-state index contributed by atoms with van der Waals surface area (Å²) in [6.07, 6.45) is 0. The fourth-order valence-corrected chi connectivity index (χ4v) is 8.76. The lowest BCUT2D eigenvalue weighted by Gasteiger charge is -2.26. The van der Waals surface area contributed by atoms with Gasteiger partial charge < -0.3 is 147 Å². The molecular weight excluding hydrogens is 992 g/mol. The Bertz CT molecular complexity index is 3970. The standard InChI is InChI=1S/C44H28O29/c45-15-7(11-23(53)33(63)38(68)34(64)24(11)54)8(12-25(55)35(65)39(69)36(66)26(12)56)17(47)22(52)9(15)1-3-5(20(50)31(61)29(59)18(3)48)2(6-4(1)19(49)30(60)32(62)21(6)51)10-16(46)13-14-28(58)37(67)40(70)42(72)44(14)73-43(13)41(71)27(10)57/h45-72H. The summed E-state index contributed by atoms with van der Waals surface area (Å²) in [7, 11) is 0. The Balaban J connectivity index is 1.64. The Labute approximate surface area is 395 Å². The van der Waals surface area contributed by atoms with Gasteiger partial charge in [-0.05, 0) is 0 Å². The lowest BCUT2D eigenvalue weighted by Crippen LogP contribution is -1.98. The molecule has 0 fully saturated rings. The predicted molar refractivity (Wildman–Crippen MR) is 237 cm³/mol. The maximum Gasteiger partial charge on any atom is 0.208 e. The number of benzene rings is 8. The average Bonchev–Trinajstić information content (AvgIpc) is 3.77. The van der Waals surface area contributed by atoms with Crippen molar-refractivity contribution in [3.05, 3.63) is 0 Å². The van der Waals surface area contributed by atoms with Crippen molar-refractivity contribution in [2.45, 2.75) is 0 Å². The van der Waals surface area contributed by atoms with Crippen LogP contribution in [0.3, 0.4) is 0 Å². The summed E-state index contributed by atoms with van der Waals surface area (Å²) in [6.45, 7) is 0. The van der Waals surface area contributed by atoms with Gasteiger partial charge in [-0.2, -0.15) is 0 Å². The summed E-state index contributed by atoms with van der Waals surface area (Å²) in [5.74, 6) is -49.5. The molecule has 1 aromatic heterocycles. The lowest BCUT2D eigenvalue weighted by molar-refractivity contribution is 0.329. The minimum Gasteiger partial charge on any atom is -0.506 e. The monoisotopic (exact) mass is 1020 g/mol. The molecule has 0 spiro atoms. The van der Waals surface area contributed by atoms with Crippen LogP contribution in [-0.2, 0) is 0 Å². The van der Waals surface area contributed by atoms with Gasteiger partial charge in [0.2, 0.25) is 80.5 Å². The van der Waals surface area contributed by atoms with E-state index in [0.29, 0.717) is 0 Å². The van der Waals surface area contributed by atoms with Crippen LogP contribution in [0.15, 0.2) is 4.42 Å². The van der Waals surface area contributed by atoms with Crippen LogP contribution in [0.1, 0.15) is 0 Å². The zero-order valence-electron chi connectivity index (χ0n) is 34.9. The van der Waals surface area contributed by atoms with Crippen LogP contribution < -0.4 is 0 Å². The molecule has 0 amide bonds. The van der Waals surface area contributed by atoms with Crippen molar-refractivity contribution in [3.63, 3.8) is 0 Å². The van der Waals surface area contributed by atoms with Crippen LogP contribution in [0.25, 0.3) is 88.0 Å². The van der Waals surface area contributed by atoms with Crippen LogP contribution in [0.2, 0.25) is 0 Å². The van der Waals surface area contributed by atoms with Gasteiger partial charge in [0.25, 0.3) is 0 Å². The lowest BCUT2D eigenvalue weighted by atomic mass is 9.80. The maximum atomic E-state index is 12.5. The number of hydrogen-bond donors (Lipinski definition) is 28. The van der Waals surface area contributed by atoms with Crippen molar-refractivity contribution >= 4 is 43.5 Å². The Morgan fingerprint density at radius 1 is 0.123 bits per heavy atom. The molecule has 0 unspecified atom stereocenters. The minimum atomic E-state index is -2.02. The molecule has 29 heteroatoms. The van der Waals surface area contributed by atoms with Gasteiger partial charge in [-0.25, -0.2) is 0 Å². The van der Waals surface area contributed by atoms with Gasteiger partial charge in [0.1, 0.15) is 11.5 Å². The second-order valence-corrected chi connectivity index (χ2v) is 15.8. The molecule has 29 nitrogen and oxygen atoms in total. The highest BCUT2D eigenvalue weighted by Gasteiger charge is 2.42. The molecule has 0 atom stereocenters. The van der Waals surface area contributed by atoms with Gasteiger partial charge in [-0.1, -0.05) is 0 Å². The first-order valence-electron chi connectivity index (χ1n) is 19.4. The molecule has 73 heavy (non-hydrogen) atoms. The van der Waals surface area contributed by atoms with Gasteiger partial charge in [-0.3, -0.25) is 0 Å². The topological polar surface area (TPSA) is 580 Å². The van der Waals surface area contributed by atoms with Crippen molar-refractivity contribution in [2.75, 3.05) is 0 Å². The summed E-state index contributed by atoms with van der Waals surface area (Å²) in [6, 6.07) is 0. The Kier molecular flexibility index (Phi) is 9.25. The second-order valence-electron chi connectivity index (χ2n) is 15.8. The summed E-state index contributed by atoms with van der Waals surface area (Å²) in [4.78, 5) is 0. The number of phenolic OH excluding ortho intramolecular Hbond substituents is 28. The first kappa shape index (κ1) is 46.6. The predicted octanol–water partition coefficient (Wildman–Crippen LogP) is 4.32. The van der Waals surface area contributed by atoms with Crippen molar-refractivity contribution in [1.82, 2.24) is 0 Å². The minimum absolute atomic E-state index is 1.02. The highest BCUT2D eigenvalue weighted by Crippen LogP contribution is 2.71. The van der Waals surface area contributed by atoms with Crippen molar-refractivity contribution in [1.29, 1.82) is 0 Å². The van der Waals surface area contributed by atoms with E-state index in [2.05, 4.69) is 0 Å². The largest absolute Gasteiger partial charge is 0.506 e. The number of fused-ring (bicyclic) bond motifs is 5. The molecule has 9 aromatic rings. The van der Waals surface area contributed by atoms with E-state index in [-0.39, 0.29) is 0 Å². The molecule has 9 rings (SSSR count). The van der Waals surface area contributed by atoms with E-state index in [0.717, 1.165) is 0 Å². The fourth-order valence-electron chi connectivity index (χ4n) is 8.76. The third-order valence-electron chi connectivity index (χ3n) is 12.1. The Morgan fingerprint density at radius 3 is 0.644 bits per heavy atom. The molecular formula is C44H28O29. The highest BCUT2D eigenvalue weighted by atomic mass is 16.4. The van der Waals surface area contributed by atoms with Crippen LogP contribution in [0.5, 0.6) is 161 Å². The fraction of sp³-hybridized carbons (Fsp3) is 0. The molecule has 0 bridgehead atoms. The maximum absolute atomic E-state index is 12.5. The summed E-state index contributed by atoms with van der Waals surface area (Å²) in [5.41, 5.74) is -15.2. The molecule has 8 aromatic carbocycles. The van der Waals surface area contributed by atoms with E-state index in [1.54, 1.807) is 0 Å². The molecule has 378 valence electrons. The highest BCUT2D eigenvalue weighted by molar-refractivity contribution is 6.32. The van der Waals surface area contributed by atoms with Crippen molar-refractivity contribution < 1.29 is 147 Å². The molecule has 0 saturated heterocycles. The number of rotatable bonds is 4. The van der Waals surface area contributed by atoms with E-state index >= 15 is 0 Å². The molecule has 0 saturated carbocycles. The van der Waals surface area contributed by atoms with E-state index < -0.39 is 249 Å². The van der Waals surface area contributed by atoms with Gasteiger partial charge in [0.15, 0.2) is 80.2 Å². The zero-order valence-corrected chi connectivity index (χ0v) is 34.9. The van der Waals surface area contributed by atoms with Crippen LogP contribution in [0, 0.1) is 0 Å². The van der Waals surface area contributed by atoms with Gasteiger partial charge in [-0.15, -0.1) is 0 Å². The SMILES string of the molecule is Oc1c(O)c(O)c(-c2c(O)c(O)c(-c3c4c(O)c(O)c(O)c(O)c4c(-c4c(O)c(O)c5oc6c(O)c(O)c(O)c(O)c6c5c4O)c4c(O)c(O)c(O)c(O)c34)c(O)c2-c2c(O)c(O)c(O)c(O)c2O)c(O)c1O. The summed E-state index contributed by atoms with van der Waals surface area (Å²) >= 11 is 0. The summed E-state index contributed by atoms with van der Waals surface area (Å²) in [5, 5.41) is 304. The first-order valence-corrected chi connectivity index (χ1v) is 19.4. The summed E-state index contributed by atoms with van der Waals surface area (Å²) < 4.78 is 5.28. The zero-order chi connectivity index (χ0) is 54.1. The average molecular weight is 1020 g/mol. The van der Waals surface area contributed by atoms with Crippen molar-refractivity contribution in [3.8, 4) is 205 Å². The third-order valence-corrected chi connectivity index (χ3v) is 12.1. The smallest absolute Gasteiger partial charge is 0.208 e. The third kappa shape index (κ3) is 5.36. The molecule has 0 radical (unpaired) electrons. The van der Waals surface area contributed by atoms with Gasteiger partial charge in [0, 0.05) is 43.8 Å². The normalized spacial score (nSPS) is 11.7.